The number of benzene rings is 7. The summed E-state index contributed by atoms with van der Waals surface area (Å²) in [5, 5.41) is 4.83. The first-order chi connectivity index (χ1) is 30.8. The molecule has 0 amide bonds. The summed E-state index contributed by atoms with van der Waals surface area (Å²) in [6.07, 6.45) is 8.86. The Bertz CT molecular complexity index is 3580. The summed E-state index contributed by atoms with van der Waals surface area (Å²) in [5.41, 5.74) is 15.7. The first kappa shape index (κ1) is 35.8. The zero-order chi connectivity index (χ0) is 41.0. The zero-order valence-electron chi connectivity index (χ0n) is 34.0. The molecular weight excluding hydrogens is 753 g/mol. The SMILES string of the molecule is C1=CC(c2cccc(-n3c4ccccc4c4cccc(-c5cccc(-c6cccc(-c7cccc8c9ccccc9n(-c9cccc(-c%10ccccc%10)n9)c78)c6)c5)c43)n2)=CCC1. The first-order valence-corrected chi connectivity index (χ1v) is 21.4. The van der Waals surface area contributed by atoms with Crippen molar-refractivity contribution in [1.82, 2.24) is 19.1 Å². The second-order valence-corrected chi connectivity index (χ2v) is 16.0. The van der Waals surface area contributed by atoms with E-state index in [1.807, 2.05) is 6.07 Å². The molecule has 4 nitrogen and oxygen atoms in total. The average Bonchev–Trinajstić information content (AvgIpc) is 3.88. The Kier molecular flexibility index (Phi) is 8.60. The third-order valence-electron chi connectivity index (χ3n) is 12.4. The van der Waals surface area contributed by atoms with Gasteiger partial charge in [-0.25, -0.2) is 9.97 Å². The number of hydrogen-bond acceptors (Lipinski definition) is 2. The molecule has 0 aliphatic heterocycles. The minimum Gasteiger partial charge on any atom is -0.293 e. The van der Waals surface area contributed by atoms with Gasteiger partial charge in [0.15, 0.2) is 0 Å². The maximum absolute atomic E-state index is 5.29. The number of allylic oxidation sites excluding steroid dienone is 4. The van der Waals surface area contributed by atoms with Crippen LogP contribution in [0.4, 0.5) is 0 Å². The molecule has 0 saturated carbocycles. The van der Waals surface area contributed by atoms with Crippen LogP contribution >= 0.6 is 0 Å². The minimum absolute atomic E-state index is 0.894. The third-order valence-corrected chi connectivity index (χ3v) is 12.4. The molecule has 0 saturated heterocycles. The van der Waals surface area contributed by atoms with Crippen LogP contribution in [0.25, 0.3) is 105 Å². The Labute approximate surface area is 360 Å². The number of rotatable bonds is 7. The highest BCUT2D eigenvalue weighted by molar-refractivity contribution is 6.15. The molecule has 1 aliphatic carbocycles. The fourth-order valence-electron chi connectivity index (χ4n) is 9.54. The lowest BCUT2D eigenvalue weighted by molar-refractivity contribution is 1.03. The molecule has 0 N–H and O–H groups in total. The van der Waals surface area contributed by atoms with Gasteiger partial charge in [-0.1, -0.05) is 170 Å². The summed E-state index contributed by atoms with van der Waals surface area (Å²) in [6, 6.07) is 71.8. The van der Waals surface area contributed by atoms with Gasteiger partial charge in [0.05, 0.1) is 33.5 Å². The molecule has 0 spiro atoms. The number of pyridine rings is 2. The number of hydrogen-bond donors (Lipinski definition) is 0. The smallest absolute Gasteiger partial charge is 0.138 e. The van der Waals surface area contributed by atoms with Gasteiger partial charge in [-0.2, -0.15) is 0 Å². The van der Waals surface area contributed by atoms with Gasteiger partial charge in [-0.05, 0) is 89.2 Å². The van der Waals surface area contributed by atoms with E-state index in [9.17, 15) is 0 Å². The Balaban J connectivity index is 0.997. The Hall–Kier alpha value is -8.08. The van der Waals surface area contributed by atoms with Crippen LogP contribution in [0.5, 0.6) is 0 Å². The highest BCUT2D eigenvalue weighted by Crippen LogP contribution is 2.41. The van der Waals surface area contributed by atoms with E-state index >= 15 is 0 Å². The molecule has 12 rings (SSSR count). The lowest BCUT2D eigenvalue weighted by Crippen LogP contribution is -2.01. The third kappa shape index (κ3) is 5.99. The molecule has 62 heavy (non-hydrogen) atoms. The van der Waals surface area contributed by atoms with Crippen molar-refractivity contribution < 1.29 is 0 Å². The van der Waals surface area contributed by atoms with E-state index in [2.05, 4.69) is 221 Å². The van der Waals surface area contributed by atoms with Gasteiger partial charge in [-0.15, -0.1) is 0 Å². The second kappa shape index (κ2) is 14.9. The van der Waals surface area contributed by atoms with Crippen LogP contribution in [0.2, 0.25) is 0 Å². The fourth-order valence-corrected chi connectivity index (χ4v) is 9.54. The van der Waals surface area contributed by atoms with E-state index in [4.69, 9.17) is 9.97 Å². The largest absolute Gasteiger partial charge is 0.293 e. The summed E-state index contributed by atoms with van der Waals surface area (Å²) in [4.78, 5) is 10.6. The van der Waals surface area contributed by atoms with Crippen molar-refractivity contribution >= 4 is 49.2 Å². The summed E-state index contributed by atoms with van der Waals surface area (Å²) in [6.45, 7) is 0. The van der Waals surface area contributed by atoms with Gasteiger partial charge in [-0.3, -0.25) is 9.13 Å². The molecule has 7 aromatic carbocycles. The van der Waals surface area contributed by atoms with Crippen molar-refractivity contribution in [1.29, 1.82) is 0 Å². The van der Waals surface area contributed by atoms with Crippen molar-refractivity contribution in [2.75, 3.05) is 0 Å². The minimum atomic E-state index is 0.894. The van der Waals surface area contributed by atoms with Crippen LogP contribution in [-0.4, -0.2) is 19.1 Å². The molecule has 11 aromatic rings. The summed E-state index contributed by atoms with van der Waals surface area (Å²) >= 11 is 0. The summed E-state index contributed by atoms with van der Waals surface area (Å²) < 4.78 is 4.70. The number of aromatic nitrogens is 4. The fraction of sp³-hybridized carbons (Fsp3) is 0.0345. The van der Waals surface area contributed by atoms with Crippen molar-refractivity contribution in [2.24, 2.45) is 0 Å². The molecule has 0 atom stereocenters. The zero-order valence-corrected chi connectivity index (χ0v) is 34.0. The lowest BCUT2D eigenvalue weighted by atomic mass is 9.94. The van der Waals surface area contributed by atoms with Crippen LogP contribution in [0.15, 0.2) is 218 Å². The van der Waals surface area contributed by atoms with Crippen LogP contribution in [0.3, 0.4) is 0 Å². The predicted octanol–water partition coefficient (Wildman–Crippen LogP) is 15.1. The molecule has 0 unspecified atom stereocenters. The van der Waals surface area contributed by atoms with Crippen molar-refractivity contribution in [3.8, 4) is 56.3 Å². The van der Waals surface area contributed by atoms with E-state index < -0.39 is 0 Å². The summed E-state index contributed by atoms with van der Waals surface area (Å²) in [7, 11) is 0. The molecular formula is C58H40N4. The van der Waals surface area contributed by atoms with Crippen LogP contribution in [0, 0.1) is 0 Å². The molecule has 1 aliphatic rings. The Morgan fingerprint density at radius 2 is 0.823 bits per heavy atom. The highest BCUT2D eigenvalue weighted by atomic mass is 15.1. The monoisotopic (exact) mass is 792 g/mol. The van der Waals surface area contributed by atoms with Gasteiger partial charge in [0, 0.05) is 38.2 Å². The lowest BCUT2D eigenvalue weighted by Gasteiger charge is -2.14. The molecule has 292 valence electrons. The maximum Gasteiger partial charge on any atom is 0.138 e. The van der Waals surface area contributed by atoms with Crippen molar-refractivity contribution in [3.05, 3.63) is 224 Å². The quantitative estimate of drug-likeness (QED) is 0.161. The molecule has 0 bridgehead atoms. The molecule has 0 radical (unpaired) electrons. The first-order valence-electron chi connectivity index (χ1n) is 21.4. The van der Waals surface area contributed by atoms with E-state index in [-0.39, 0.29) is 0 Å². The van der Waals surface area contributed by atoms with E-state index in [0.29, 0.717) is 0 Å². The molecule has 4 aromatic heterocycles. The number of fused-ring (bicyclic) bond motifs is 6. The second-order valence-electron chi connectivity index (χ2n) is 16.0. The molecule has 4 heterocycles. The van der Waals surface area contributed by atoms with Gasteiger partial charge >= 0.3 is 0 Å². The standard InChI is InChI=1S/C58H40N4/c1-3-17-39(18-4-1)51-31-15-35-55(59-51)61-53-33-9-7-25-47(53)49-29-13-27-45(57(49)61)43-23-11-21-41(37-43)42-22-12-24-44(38-42)46-28-14-30-50-48-26-8-10-34-54(48)62(58(46)50)56-36-16-32-52(60-56)40-19-5-2-6-20-40/h1,3-5,7-38H,2,6H2. The van der Waals surface area contributed by atoms with Crippen LogP contribution < -0.4 is 0 Å². The summed E-state index contributed by atoms with van der Waals surface area (Å²) in [5.74, 6) is 1.81. The average molecular weight is 793 g/mol. The Morgan fingerprint density at radius 1 is 0.355 bits per heavy atom. The van der Waals surface area contributed by atoms with E-state index in [0.717, 1.165) is 91.3 Å². The topological polar surface area (TPSA) is 35.6 Å². The normalized spacial score (nSPS) is 12.7. The van der Waals surface area contributed by atoms with E-state index in [1.165, 1.54) is 32.7 Å². The number of para-hydroxylation sites is 4. The van der Waals surface area contributed by atoms with Crippen molar-refractivity contribution in [3.63, 3.8) is 0 Å². The van der Waals surface area contributed by atoms with Gasteiger partial charge in [0.2, 0.25) is 0 Å². The van der Waals surface area contributed by atoms with Gasteiger partial charge in [0.25, 0.3) is 0 Å². The van der Waals surface area contributed by atoms with Crippen LogP contribution in [0.1, 0.15) is 18.5 Å². The van der Waals surface area contributed by atoms with Gasteiger partial charge in [0.1, 0.15) is 11.6 Å². The van der Waals surface area contributed by atoms with E-state index in [1.54, 1.807) is 0 Å². The Morgan fingerprint density at radius 3 is 1.40 bits per heavy atom. The molecule has 4 heteroatoms. The predicted molar refractivity (Wildman–Crippen MR) is 259 cm³/mol. The molecule has 0 fully saturated rings. The van der Waals surface area contributed by atoms with Crippen molar-refractivity contribution in [2.45, 2.75) is 12.8 Å². The maximum atomic E-state index is 5.29. The van der Waals surface area contributed by atoms with Gasteiger partial charge < -0.3 is 0 Å². The number of nitrogens with zero attached hydrogens (tertiary/aromatic N) is 4. The van der Waals surface area contributed by atoms with Crippen LogP contribution in [-0.2, 0) is 0 Å². The highest BCUT2D eigenvalue weighted by Gasteiger charge is 2.20.